The molecule has 0 radical (unpaired) electrons. The molecule has 1 aromatic heterocycles. The van der Waals surface area contributed by atoms with Crippen LogP contribution in [-0.2, 0) is 16.1 Å². The SMILES string of the molecule is Cc1nc2cccc(NCc3ccc(F)cc3)c2c(=O)n1C1CCC(=O)CC1=O. The van der Waals surface area contributed by atoms with Gasteiger partial charge in [-0.15, -0.1) is 0 Å². The molecule has 3 aromatic rings. The zero-order valence-corrected chi connectivity index (χ0v) is 15.9. The summed E-state index contributed by atoms with van der Waals surface area (Å²) in [5, 5.41) is 3.61. The average Bonchev–Trinajstić information content (AvgIpc) is 2.69. The Morgan fingerprint density at radius 2 is 1.90 bits per heavy atom. The van der Waals surface area contributed by atoms with Gasteiger partial charge in [0.05, 0.1) is 23.4 Å². The first-order chi connectivity index (χ1) is 13.9. The number of Topliss-reactive ketones (excluding diaryl/α,β-unsaturated/α-hetero) is 2. The number of hydrogen-bond acceptors (Lipinski definition) is 5. The minimum atomic E-state index is -0.665. The van der Waals surface area contributed by atoms with Crippen LogP contribution >= 0.6 is 0 Å². The van der Waals surface area contributed by atoms with Crippen molar-refractivity contribution in [1.82, 2.24) is 9.55 Å². The highest BCUT2D eigenvalue weighted by Crippen LogP contribution is 2.26. The molecule has 0 spiro atoms. The number of rotatable bonds is 4. The fourth-order valence-electron chi connectivity index (χ4n) is 3.80. The molecule has 0 saturated heterocycles. The number of benzene rings is 2. The van der Waals surface area contributed by atoms with Crippen LogP contribution in [0.1, 0.15) is 36.7 Å². The van der Waals surface area contributed by atoms with E-state index in [4.69, 9.17) is 0 Å². The first-order valence-electron chi connectivity index (χ1n) is 9.48. The molecule has 0 bridgehead atoms. The Balaban J connectivity index is 1.74. The van der Waals surface area contributed by atoms with Gasteiger partial charge in [-0.2, -0.15) is 0 Å². The molecule has 29 heavy (non-hydrogen) atoms. The summed E-state index contributed by atoms with van der Waals surface area (Å²) in [6, 6.07) is 10.8. The third kappa shape index (κ3) is 3.68. The number of ketones is 2. The van der Waals surface area contributed by atoms with Crippen LogP contribution < -0.4 is 10.9 Å². The lowest BCUT2D eigenvalue weighted by Crippen LogP contribution is -2.36. The van der Waals surface area contributed by atoms with E-state index in [-0.39, 0.29) is 35.8 Å². The fraction of sp³-hybridized carbons (Fsp3) is 0.273. The van der Waals surface area contributed by atoms with E-state index < -0.39 is 6.04 Å². The molecule has 4 rings (SSSR count). The van der Waals surface area contributed by atoms with Crippen LogP contribution in [0.3, 0.4) is 0 Å². The van der Waals surface area contributed by atoms with Crippen LogP contribution in [-0.4, -0.2) is 21.1 Å². The number of hydrogen-bond donors (Lipinski definition) is 1. The monoisotopic (exact) mass is 393 g/mol. The fourth-order valence-corrected chi connectivity index (χ4v) is 3.80. The maximum absolute atomic E-state index is 13.3. The van der Waals surface area contributed by atoms with Crippen molar-refractivity contribution in [2.24, 2.45) is 0 Å². The normalized spacial score (nSPS) is 17.0. The van der Waals surface area contributed by atoms with E-state index in [1.807, 2.05) is 0 Å². The van der Waals surface area contributed by atoms with Gasteiger partial charge in [-0.3, -0.25) is 19.0 Å². The molecular formula is C22H20FN3O3. The van der Waals surface area contributed by atoms with Gasteiger partial charge in [0.25, 0.3) is 5.56 Å². The van der Waals surface area contributed by atoms with Crippen molar-refractivity contribution in [2.45, 2.75) is 38.8 Å². The molecule has 7 heteroatoms. The maximum atomic E-state index is 13.3. The molecule has 1 N–H and O–H groups in total. The first-order valence-corrected chi connectivity index (χ1v) is 9.48. The highest BCUT2D eigenvalue weighted by molar-refractivity contribution is 6.03. The zero-order chi connectivity index (χ0) is 20.5. The molecule has 1 unspecified atom stereocenters. The maximum Gasteiger partial charge on any atom is 0.264 e. The molecule has 0 amide bonds. The van der Waals surface area contributed by atoms with Gasteiger partial charge in [0, 0.05) is 18.7 Å². The summed E-state index contributed by atoms with van der Waals surface area (Å²) in [6.07, 6.45) is 0.459. The Hall–Kier alpha value is -3.35. The van der Waals surface area contributed by atoms with Crippen molar-refractivity contribution in [3.8, 4) is 0 Å². The number of aromatic nitrogens is 2. The summed E-state index contributed by atoms with van der Waals surface area (Å²) in [5.41, 5.74) is 1.69. The summed E-state index contributed by atoms with van der Waals surface area (Å²) in [6.45, 7) is 2.10. The lowest BCUT2D eigenvalue weighted by atomic mass is 9.92. The summed E-state index contributed by atoms with van der Waals surface area (Å²) in [7, 11) is 0. The number of nitrogens with zero attached hydrogens (tertiary/aromatic N) is 2. The Morgan fingerprint density at radius 3 is 2.62 bits per heavy atom. The van der Waals surface area contributed by atoms with E-state index in [2.05, 4.69) is 10.3 Å². The van der Waals surface area contributed by atoms with Gasteiger partial charge >= 0.3 is 0 Å². The third-order valence-electron chi connectivity index (χ3n) is 5.25. The lowest BCUT2D eigenvalue weighted by Gasteiger charge is -2.24. The third-order valence-corrected chi connectivity index (χ3v) is 5.25. The largest absolute Gasteiger partial charge is 0.380 e. The Labute approximate surface area is 166 Å². The topological polar surface area (TPSA) is 81.1 Å². The number of aryl methyl sites for hydroxylation is 1. The van der Waals surface area contributed by atoms with Crippen LogP contribution in [0, 0.1) is 12.7 Å². The standard InChI is InChI=1S/C22H20FN3O3/c1-13-25-18-4-2-3-17(24-12-14-5-7-15(23)8-6-14)21(18)22(29)26(13)19-10-9-16(27)11-20(19)28/h2-8,19,24H,9-12H2,1H3. The van der Waals surface area contributed by atoms with Crippen LogP contribution in [0.25, 0.3) is 10.9 Å². The van der Waals surface area contributed by atoms with E-state index in [0.29, 0.717) is 35.4 Å². The van der Waals surface area contributed by atoms with E-state index in [1.54, 1.807) is 37.3 Å². The molecule has 0 aliphatic heterocycles. The van der Waals surface area contributed by atoms with E-state index in [1.165, 1.54) is 16.7 Å². The first kappa shape index (κ1) is 19.0. The second kappa shape index (κ2) is 7.58. The number of carbonyl (C=O) groups is 2. The van der Waals surface area contributed by atoms with Gasteiger partial charge in [0.1, 0.15) is 17.4 Å². The van der Waals surface area contributed by atoms with Crippen molar-refractivity contribution in [3.63, 3.8) is 0 Å². The summed E-state index contributed by atoms with van der Waals surface area (Å²) in [4.78, 5) is 41.9. The quantitative estimate of drug-likeness (QED) is 0.688. The summed E-state index contributed by atoms with van der Waals surface area (Å²) >= 11 is 0. The molecule has 1 heterocycles. The van der Waals surface area contributed by atoms with Crippen molar-refractivity contribution in [3.05, 3.63) is 70.0 Å². The minimum absolute atomic E-state index is 0.0904. The number of carbonyl (C=O) groups excluding carboxylic acids is 2. The molecule has 1 aliphatic rings. The van der Waals surface area contributed by atoms with Gasteiger partial charge in [0.15, 0.2) is 5.78 Å². The molecule has 1 fully saturated rings. The molecule has 2 aromatic carbocycles. The Morgan fingerprint density at radius 1 is 1.14 bits per heavy atom. The van der Waals surface area contributed by atoms with Gasteiger partial charge in [-0.25, -0.2) is 9.37 Å². The summed E-state index contributed by atoms with van der Waals surface area (Å²) < 4.78 is 14.5. The Bertz CT molecular complexity index is 1170. The van der Waals surface area contributed by atoms with Gasteiger partial charge in [-0.1, -0.05) is 18.2 Å². The molecule has 6 nitrogen and oxygen atoms in total. The predicted octanol–water partition coefficient (Wildman–Crippen LogP) is 3.32. The van der Waals surface area contributed by atoms with Gasteiger partial charge in [-0.05, 0) is 43.2 Å². The summed E-state index contributed by atoms with van der Waals surface area (Å²) in [5.74, 6) is -0.195. The van der Waals surface area contributed by atoms with E-state index in [9.17, 15) is 18.8 Å². The zero-order valence-electron chi connectivity index (χ0n) is 15.9. The molecule has 1 saturated carbocycles. The lowest BCUT2D eigenvalue weighted by molar-refractivity contribution is -0.132. The molecule has 1 atom stereocenters. The van der Waals surface area contributed by atoms with Crippen molar-refractivity contribution >= 4 is 28.2 Å². The van der Waals surface area contributed by atoms with Gasteiger partial charge in [0.2, 0.25) is 0 Å². The highest BCUT2D eigenvalue weighted by Gasteiger charge is 2.30. The molecular weight excluding hydrogens is 373 g/mol. The smallest absolute Gasteiger partial charge is 0.264 e. The van der Waals surface area contributed by atoms with Crippen LogP contribution in [0.15, 0.2) is 47.3 Å². The Kier molecular flexibility index (Phi) is 4.96. The van der Waals surface area contributed by atoms with Crippen molar-refractivity contribution in [2.75, 3.05) is 5.32 Å². The highest BCUT2D eigenvalue weighted by atomic mass is 19.1. The van der Waals surface area contributed by atoms with E-state index >= 15 is 0 Å². The number of fused-ring (bicyclic) bond motifs is 1. The molecule has 1 aliphatic carbocycles. The average molecular weight is 393 g/mol. The number of halogens is 1. The second-order valence-electron chi connectivity index (χ2n) is 7.25. The number of nitrogens with one attached hydrogen (secondary N) is 1. The number of anilines is 1. The predicted molar refractivity (Wildman–Crippen MR) is 107 cm³/mol. The van der Waals surface area contributed by atoms with Crippen LogP contribution in [0.4, 0.5) is 10.1 Å². The molecule has 148 valence electrons. The van der Waals surface area contributed by atoms with Crippen molar-refractivity contribution in [1.29, 1.82) is 0 Å². The van der Waals surface area contributed by atoms with Gasteiger partial charge < -0.3 is 5.32 Å². The van der Waals surface area contributed by atoms with E-state index in [0.717, 1.165) is 5.56 Å². The minimum Gasteiger partial charge on any atom is -0.380 e. The van der Waals surface area contributed by atoms with Crippen molar-refractivity contribution < 1.29 is 14.0 Å². The van der Waals surface area contributed by atoms with Crippen LogP contribution in [0.5, 0.6) is 0 Å². The second-order valence-corrected chi connectivity index (χ2v) is 7.25. The van der Waals surface area contributed by atoms with Crippen LogP contribution in [0.2, 0.25) is 0 Å².